The van der Waals surface area contributed by atoms with E-state index in [1.807, 2.05) is 48.7 Å². The van der Waals surface area contributed by atoms with Crippen molar-refractivity contribution >= 4 is 28.1 Å². The van der Waals surface area contributed by atoms with Crippen molar-refractivity contribution < 1.29 is 9.53 Å². The SMILES string of the molecule is Cc1ccc(OC[C@@H]2CCN2C)cc1C(=O)NC1(c2cc(-c3ccc(CNC4CCCC4)s3)cc3ncccc23)CC1. The van der Waals surface area contributed by atoms with Crippen molar-refractivity contribution in [3.05, 3.63) is 82.4 Å². The molecule has 1 saturated heterocycles. The lowest BCUT2D eigenvalue weighted by Crippen LogP contribution is -2.48. The van der Waals surface area contributed by atoms with Gasteiger partial charge in [0, 0.05) is 45.5 Å². The van der Waals surface area contributed by atoms with E-state index >= 15 is 0 Å². The molecule has 3 fully saturated rings. The number of ether oxygens (including phenoxy) is 1. The summed E-state index contributed by atoms with van der Waals surface area (Å²) in [5.74, 6) is 0.707. The van der Waals surface area contributed by atoms with Crippen molar-refractivity contribution in [2.45, 2.75) is 76.0 Å². The summed E-state index contributed by atoms with van der Waals surface area (Å²) in [6.45, 7) is 4.69. The van der Waals surface area contributed by atoms with Crippen LogP contribution in [0, 0.1) is 6.92 Å². The number of hydrogen-bond acceptors (Lipinski definition) is 6. The Bertz CT molecular complexity index is 1600. The summed E-state index contributed by atoms with van der Waals surface area (Å²) in [4.78, 5) is 23.4. The fraction of sp³-hybridized carbons (Fsp3) is 0.429. The first-order chi connectivity index (χ1) is 20.5. The van der Waals surface area contributed by atoms with Gasteiger partial charge in [0.15, 0.2) is 0 Å². The molecular weight excluding hydrogens is 540 g/mol. The summed E-state index contributed by atoms with van der Waals surface area (Å²) in [6, 6.07) is 20.1. The van der Waals surface area contributed by atoms with Gasteiger partial charge in [-0.05, 0) is 112 Å². The van der Waals surface area contributed by atoms with Gasteiger partial charge in [-0.25, -0.2) is 0 Å². The number of likely N-dealkylation sites (N-methyl/N-ethyl adjacent to an activating group) is 1. The second-order valence-electron chi connectivity index (χ2n) is 12.5. The van der Waals surface area contributed by atoms with Crippen molar-refractivity contribution in [3.8, 4) is 16.2 Å². The molecule has 7 rings (SSSR count). The quantitative estimate of drug-likeness (QED) is 0.216. The van der Waals surface area contributed by atoms with Gasteiger partial charge >= 0.3 is 0 Å². The van der Waals surface area contributed by atoms with Crippen LogP contribution in [0.5, 0.6) is 5.75 Å². The lowest BCUT2D eigenvalue weighted by atomic mass is 9.95. The molecule has 218 valence electrons. The first-order valence-corrected chi connectivity index (χ1v) is 16.3. The highest BCUT2D eigenvalue weighted by Gasteiger charge is 2.47. The number of rotatable bonds is 10. The van der Waals surface area contributed by atoms with E-state index < -0.39 is 5.54 Å². The van der Waals surface area contributed by atoms with Crippen molar-refractivity contribution in [3.63, 3.8) is 0 Å². The molecule has 3 aliphatic rings. The minimum Gasteiger partial charge on any atom is -0.492 e. The highest BCUT2D eigenvalue weighted by molar-refractivity contribution is 7.15. The molecule has 4 aromatic rings. The van der Waals surface area contributed by atoms with E-state index in [-0.39, 0.29) is 5.91 Å². The zero-order valence-corrected chi connectivity index (χ0v) is 25.4. The van der Waals surface area contributed by atoms with Gasteiger partial charge in [-0.2, -0.15) is 0 Å². The Labute approximate surface area is 252 Å². The minimum absolute atomic E-state index is 0.0462. The number of hydrogen-bond donors (Lipinski definition) is 2. The molecule has 2 aliphatic carbocycles. The number of likely N-dealkylation sites (tertiary alicyclic amines) is 1. The van der Waals surface area contributed by atoms with Crippen LogP contribution in [0.1, 0.15) is 71.3 Å². The highest BCUT2D eigenvalue weighted by atomic mass is 32.1. The van der Waals surface area contributed by atoms with Gasteiger partial charge in [0.25, 0.3) is 5.91 Å². The zero-order valence-electron chi connectivity index (χ0n) is 24.6. The molecule has 2 aromatic heterocycles. The van der Waals surface area contributed by atoms with Crippen LogP contribution in [0.15, 0.2) is 60.8 Å². The van der Waals surface area contributed by atoms with Gasteiger partial charge in [-0.15, -0.1) is 11.3 Å². The molecule has 6 nitrogen and oxygen atoms in total. The topological polar surface area (TPSA) is 66.5 Å². The van der Waals surface area contributed by atoms with Crippen LogP contribution in [-0.2, 0) is 12.1 Å². The van der Waals surface area contributed by atoms with E-state index in [0.717, 1.165) is 60.1 Å². The Balaban J connectivity index is 1.13. The Morgan fingerprint density at radius 1 is 1.10 bits per heavy atom. The summed E-state index contributed by atoms with van der Waals surface area (Å²) in [7, 11) is 2.13. The number of benzene rings is 2. The lowest BCUT2D eigenvalue weighted by Gasteiger charge is -2.37. The Morgan fingerprint density at radius 2 is 1.95 bits per heavy atom. The minimum atomic E-state index is -0.392. The van der Waals surface area contributed by atoms with Crippen LogP contribution in [-0.4, -0.2) is 48.1 Å². The van der Waals surface area contributed by atoms with Gasteiger partial charge in [-0.1, -0.05) is 25.0 Å². The van der Waals surface area contributed by atoms with Gasteiger partial charge in [0.2, 0.25) is 0 Å². The predicted molar refractivity (Wildman–Crippen MR) is 170 cm³/mol. The molecule has 0 spiro atoms. The summed E-state index contributed by atoms with van der Waals surface area (Å²) in [5.41, 5.74) is 4.54. The van der Waals surface area contributed by atoms with E-state index in [2.05, 4.69) is 52.9 Å². The van der Waals surface area contributed by atoms with E-state index in [0.29, 0.717) is 24.3 Å². The molecule has 2 aromatic carbocycles. The largest absolute Gasteiger partial charge is 0.492 e. The van der Waals surface area contributed by atoms with Crippen molar-refractivity contribution in [2.24, 2.45) is 0 Å². The standard InChI is InChI=1S/C35H40N4O2S/c1-23-9-10-27(41-22-26-13-17-39(26)2)20-30(23)34(40)38-35(14-15-35)31-18-24(19-32-29(31)8-5-16-36-32)33-12-11-28(42-33)21-37-25-6-3-4-7-25/h5,8-12,16,18-20,25-26,37H,3-4,6-7,13-15,17,21-22H2,1-2H3,(H,38,40)/t26-/m0/s1. The number of thiophene rings is 1. The average molecular weight is 581 g/mol. The number of aryl methyl sites for hydroxylation is 1. The number of aromatic nitrogens is 1. The number of carbonyl (C=O) groups is 1. The predicted octanol–water partition coefficient (Wildman–Crippen LogP) is 6.81. The fourth-order valence-electron chi connectivity index (χ4n) is 6.50. The number of nitrogens with one attached hydrogen (secondary N) is 2. The van der Waals surface area contributed by atoms with Crippen LogP contribution in [0.4, 0.5) is 0 Å². The van der Waals surface area contributed by atoms with Gasteiger partial charge in [-0.3, -0.25) is 14.7 Å². The second kappa shape index (κ2) is 11.4. The molecule has 7 heteroatoms. The van der Waals surface area contributed by atoms with E-state index in [9.17, 15) is 4.79 Å². The summed E-state index contributed by atoms with van der Waals surface area (Å²) in [5, 5.41) is 8.31. The molecule has 0 bridgehead atoms. The molecule has 1 amide bonds. The third kappa shape index (κ3) is 5.58. The third-order valence-electron chi connectivity index (χ3n) is 9.54. The van der Waals surface area contributed by atoms with Gasteiger partial charge in [0.05, 0.1) is 11.1 Å². The molecule has 1 aliphatic heterocycles. The number of amides is 1. The van der Waals surface area contributed by atoms with Crippen LogP contribution >= 0.6 is 11.3 Å². The Hall–Kier alpha value is -3.26. The lowest BCUT2D eigenvalue weighted by molar-refractivity contribution is 0.0767. The monoisotopic (exact) mass is 580 g/mol. The number of carbonyl (C=O) groups excluding carboxylic acids is 1. The molecule has 2 N–H and O–H groups in total. The third-order valence-corrected chi connectivity index (χ3v) is 10.7. The van der Waals surface area contributed by atoms with E-state index in [1.54, 1.807) is 0 Å². The number of fused-ring (bicyclic) bond motifs is 1. The smallest absolute Gasteiger partial charge is 0.252 e. The Kier molecular flexibility index (Phi) is 7.51. The molecule has 0 radical (unpaired) electrons. The van der Waals surface area contributed by atoms with Crippen molar-refractivity contribution in [2.75, 3.05) is 20.2 Å². The summed E-state index contributed by atoms with van der Waals surface area (Å²) >= 11 is 1.85. The first kappa shape index (κ1) is 27.6. The molecule has 2 saturated carbocycles. The maximum atomic E-state index is 13.8. The van der Waals surface area contributed by atoms with E-state index in [4.69, 9.17) is 9.72 Å². The van der Waals surface area contributed by atoms with Crippen LogP contribution in [0.25, 0.3) is 21.3 Å². The molecule has 3 heterocycles. The first-order valence-electron chi connectivity index (χ1n) is 15.5. The maximum absolute atomic E-state index is 13.8. The average Bonchev–Trinajstić information content (AvgIpc) is 3.35. The number of nitrogens with zero attached hydrogens (tertiary/aromatic N) is 2. The van der Waals surface area contributed by atoms with Crippen molar-refractivity contribution in [1.29, 1.82) is 0 Å². The van der Waals surface area contributed by atoms with Crippen LogP contribution in [0.3, 0.4) is 0 Å². The molecule has 42 heavy (non-hydrogen) atoms. The maximum Gasteiger partial charge on any atom is 0.252 e. The fourth-order valence-corrected chi connectivity index (χ4v) is 7.45. The highest BCUT2D eigenvalue weighted by Crippen LogP contribution is 2.49. The normalized spacial score (nSPS) is 20.0. The second-order valence-corrected chi connectivity index (χ2v) is 13.6. The zero-order chi connectivity index (χ0) is 28.7. The van der Waals surface area contributed by atoms with E-state index in [1.165, 1.54) is 41.0 Å². The summed E-state index contributed by atoms with van der Waals surface area (Å²) < 4.78 is 6.09. The number of pyridine rings is 1. The Morgan fingerprint density at radius 3 is 2.71 bits per heavy atom. The summed E-state index contributed by atoms with van der Waals surface area (Å²) in [6.07, 6.45) is 10.1. The van der Waals surface area contributed by atoms with Crippen LogP contribution < -0.4 is 15.4 Å². The molecular formula is C35H40N4O2S. The molecule has 1 atom stereocenters. The van der Waals surface area contributed by atoms with Crippen LogP contribution in [0.2, 0.25) is 0 Å². The van der Waals surface area contributed by atoms with Gasteiger partial charge < -0.3 is 15.4 Å². The van der Waals surface area contributed by atoms with Crippen molar-refractivity contribution in [1.82, 2.24) is 20.5 Å². The molecule has 0 unspecified atom stereocenters. The van der Waals surface area contributed by atoms with Gasteiger partial charge in [0.1, 0.15) is 12.4 Å².